The fourth-order valence-electron chi connectivity index (χ4n) is 2.63. The summed E-state index contributed by atoms with van der Waals surface area (Å²) >= 11 is 1.65. The van der Waals surface area contributed by atoms with Crippen LogP contribution < -0.4 is 0 Å². The second-order valence-electron chi connectivity index (χ2n) is 5.32. The second-order valence-corrected chi connectivity index (χ2v) is 6.19. The molecule has 0 radical (unpaired) electrons. The molecule has 1 fully saturated rings. The fourth-order valence-corrected chi connectivity index (χ4v) is 3.35. The van der Waals surface area contributed by atoms with E-state index >= 15 is 0 Å². The largest absolute Gasteiger partial charge is 0.481 e. The van der Waals surface area contributed by atoms with E-state index in [-0.39, 0.29) is 12.5 Å². The van der Waals surface area contributed by atoms with Crippen LogP contribution in [0.4, 0.5) is 0 Å². The molecule has 6 nitrogen and oxygen atoms in total. The third-order valence-corrected chi connectivity index (χ3v) is 4.50. The number of ether oxygens (including phenoxy) is 1. The summed E-state index contributed by atoms with van der Waals surface area (Å²) in [7, 11) is 0. The maximum atomic E-state index is 10.5. The zero-order valence-corrected chi connectivity index (χ0v) is 12.6. The van der Waals surface area contributed by atoms with Gasteiger partial charge < -0.3 is 9.84 Å². The Morgan fingerprint density at radius 1 is 1.48 bits per heavy atom. The van der Waals surface area contributed by atoms with E-state index < -0.39 is 5.97 Å². The SMILES string of the molecule is O=C(O)CCOC1CCN(Cc2cn3ccsc3n2)CC1. The van der Waals surface area contributed by atoms with Crippen molar-refractivity contribution in [3.63, 3.8) is 0 Å². The van der Waals surface area contributed by atoms with Crippen LogP contribution in [0.5, 0.6) is 0 Å². The summed E-state index contributed by atoms with van der Waals surface area (Å²) in [5, 5.41) is 10.6. The maximum Gasteiger partial charge on any atom is 0.305 e. The summed E-state index contributed by atoms with van der Waals surface area (Å²) in [4.78, 5) is 18.5. The lowest BCUT2D eigenvalue weighted by Gasteiger charge is -2.31. The zero-order chi connectivity index (χ0) is 14.7. The van der Waals surface area contributed by atoms with E-state index in [9.17, 15) is 4.79 Å². The number of aliphatic carboxylic acids is 1. The molecule has 1 aliphatic rings. The Kier molecular flexibility index (Phi) is 4.52. The summed E-state index contributed by atoms with van der Waals surface area (Å²) in [5.41, 5.74) is 1.10. The van der Waals surface area contributed by atoms with Gasteiger partial charge in [0.15, 0.2) is 4.96 Å². The molecule has 7 heteroatoms. The average molecular weight is 309 g/mol. The Labute approximate surface area is 127 Å². The molecule has 1 saturated heterocycles. The van der Waals surface area contributed by atoms with Crippen LogP contribution in [0.2, 0.25) is 0 Å². The van der Waals surface area contributed by atoms with Gasteiger partial charge in [-0.25, -0.2) is 4.98 Å². The molecular formula is C14H19N3O3S. The predicted octanol–water partition coefficient (Wildman–Crippen LogP) is 1.85. The number of rotatable bonds is 6. The summed E-state index contributed by atoms with van der Waals surface area (Å²) < 4.78 is 7.66. The van der Waals surface area contributed by atoms with E-state index in [1.807, 2.05) is 11.6 Å². The van der Waals surface area contributed by atoms with Gasteiger partial charge in [-0.3, -0.25) is 14.1 Å². The van der Waals surface area contributed by atoms with Crippen LogP contribution in [0.25, 0.3) is 4.96 Å². The molecule has 0 unspecified atom stereocenters. The molecule has 3 rings (SSSR count). The van der Waals surface area contributed by atoms with Crippen molar-refractivity contribution in [2.45, 2.75) is 31.9 Å². The zero-order valence-electron chi connectivity index (χ0n) is 11.8. The molecule has 2 aromatic heterocycles. The molecule has 0 amide bonds. The molecule has 0 aromatic carbocycles. The van der Waals surface area contributed by atoms with Gasteiger partial charge in [0.25, 0.3) is 0 Å². The number of carboxylic acid groups (broad SMARTS) is 1. The van der Waals surface area contributed by atoms with Gasteiger partial charge in [-0.15, -0.1) is 11.3 Å². The predicted molar refractivity (Wildman–Crippen MR) is 79.6 cm³/mol. The average Bonchev–Trinajstić information content (AvgIpc) is 3.01. The third kappa shape index (κ3) is 3.81. The van der Waals surface area contributed by atoms with Crippen molar-refractivity contribution in [3.8, 4) is 0 Å². The van der Waals surface area contributed by atoms with Crippen molar-refractivity contribution >= 4 is 22.3 Å². The minimum Gasteiger partial charge on any atom is -0.481 e. The van der Waals surface area contributed by atoms with E-state index in [4.69, 9.17) is 9.84 Å². The maximum absolute atomic E-state index is 10.5. The molecule has 114 valence electrons. The lowest BCUT2D eigenvalue weighted by Crippen LogP contribution is -2.36. The van der Waals surface area contributed by atoms with Gasteiger partial charge in [0.1, 0.15) is 0 Å². The molecule has 21 heavy (non-hydrogen) atoms. The number of hydrogen-bond donors (Lipinski definition) is 1. The highest BCUT2D eigenvalue weighted by molar-refractivity contribution is 7.15. The first-order valence-corrected chi connectivity index (χ1v) is 8.05. The van der Waals surface area contributed by atoms with Gasteiger partial charge in [-0.2, -0.15) is 0 Å². The van der Waals surface area contributed by atoms with E-state index in [1.165, 1.54) is 0 Å². The van der Waals surface area contributed by atoms with Gasteiger partial charge >= 0.3 is 5.97 Å². The topological polar surface area (TPSA) is 67.1 Å². The Balaban J connectivity index is 1.43. The highest BCUT2D eigenvalue weighted by Crippen LogP contribution is 2.18. The summed E-state index contributed by atoms with van der Waals surface area (Å²) in [6.45, 7) is 3.14. The third-order valence-electron chi connectivity index (χ3n) is 3.73. The molecule has 1 aliphatic heterocycles. The van der Waals surface area contributed by atoms with Crippen LogP contribution >= 0.6 is 11.3 Å². The number of aromatic nitrogens is 2. The Hall–Kier alpha value is -1.44. The number of carboxylic acids is 1. The lowest BCUT2D eigenvalue weighted by molar-refractivity contribution is -0.138. The first-order chi connectivity index (χ1) is 10.2. The molecule has 1 N–H and O–H groups in total. The summed E-state index contributed by atoms with van der Waals surface area (Å²) in [6, 6.07) is 0. The molecule has 0 atom stereocenters. The van der Waals surface area contributed by atoms with Crippen LogP contribution in [0.1, 0.15) is 25.0 Å². The van der Waals surface area contributed by atoms with Gasteiger partial charge in [-0.05, 0) is 12.8 Å². The van der Waals surface area contributed by atoms with Crippen molar-refractivity contribution in [1.82, 2.24) is 14.3 Å². The number of likely N-dealkylation sites (tertiary alicyclic amines) is 1. The highest BCUT2D eigenvalue weighted by atomic mass is 32.1. The fraction of sp³-hybridized carbons (Fsp3) is 0.571. The highest BCUT2D eigenvalue weighted by Gasteiger charge is 2.20. The van der Waals surface area contributed by atoms with Crippen molar-refractivity contribution in [2.24, 2.45) is 0 Å². The van der Waals surface area contributed by atoms with E-state index in [1.54, 1.807) is 11.3 Å². The van der Waals surface area contributed by atoms with Gasteiger partial charge in [0.05, 0.1) is 24.8 Å². The van der Waals surface area contributed by atoms with Gasteiger partial charge in [0, 0.05) is 37.4 Å². The van der Waals surface area contributed by atoms with Gasteiger partial charge in [-0.1, -0.05) is 0 Å². The Morgan fingerprint density at radius 3 is 3.00 bits per heavy atom. The van der Waals surface area contributed by atoms with Crippen molar-refractivity contribution in [2.75, 3.05) is 19.7 Å². The number of nitrogens with zero attached hydrogens (tertiary/aromatic N) is 3. The smallest absolute Gasteiger partial charge is 0.305 e. The van der Waals surface area contributed by atoms with E-state index in [0.29, 0.717) is 6.61 Å². The van der Waals surface area contributed by atoms with Crippen molar-refractivity contribution in [1.29, 1.82) is 0 Å². The number of fused-ring (bicyclic) bond motifs is 1. The monoisotopic (exact) mass is 309 g/mol. The van der Waals surface area contributed by atoms with Crippen LogP contribution in [-0.4, -0.2) is 51.2 Å². The number of hydrogen-bond acceptors (Lipinski definition) is 5. The first kappa shape index (κ1) is 14.5. The number of imidazole rings is 1. The minimum absolute atomic E-state index is 0.0889. The van der Waals surface area contributed by atoms with Gasteiger partial charge in [0.2, 0.25) is 0 Å². The molecular weight excluding hydrogens is 290 g/mol. The molecule has 0 spiro atoms. The van der Waals surface area contributed by atoms with Crippen molar-refractivity contribution in [3.05, 3.63) is 23.5 Å². The second kappa shape index (κ2) is 6.55. The van der Waals surface area contributed by atoms with Crippen LogP contribution in [0.3, 0.4) is 0 Å². The number of piperidine rings is 1. The quantitative estimate of drug-likeness (QED) is 0.882. The van der Waals surface area contributed by atoms with E-state index in [0.717, 1.165) is 43.1 Å². The van der Waals surface area contributed by atoms with Crippen LogP contribution in [0, 0.1) is 0 Å². The van der Waals surface area contributed by atoms with Crippen molar-refractivity contribution < 1.29 is 14.6 Å². The number of carbonyl (C=O) groups is 1. The Morgan fingerprint density at radius 2 is 2.29 bits per heavy atom. The van der Waals surface area contributed by atoms with Crippen LogP contribution in [-0.2, 0) is 16.1 Å². The Bertz CT molecular complexity index is 573. The summed E-state index contributed by atoms with van der Waals surface area (Å²) in [6.07, 6.45) is 6.32. The molecule has 0 saturated carbocycles. The summed E-state index contributed by atoms with van der Waals surface area (Å²) in [5.74, 6) is -0.799. The van der Waals surface area contributed by atoms with E-state index in [2.05, 4.69) is 20.5 Å². The standard InChI is InChI=1S/C14H19N3O3S/c18-13(19)3-7-20-12-1-4-16(5-2-12)9-11-10-17-6-8-21-14(17)15-11/h6,8,10,12H,1-5,7,9H2,(H,18,19). The normalized spacial score (nSPS) is 17.5. The molecule has 0 bridgehead atoms. The first-order valence-electron chi connectivity index (χ1n) is 7.17. The number of thiazole rings is 1. The van der Waals surface area contributed by atoms with Crippen LogP contribution in [0.15, 0.2) is 17.8 Å². The molecule has 0 aliphatic carbocycles. The minimum atomic E-state index is -0.799. The molecule has 3 heterocycles. The lowest BCUT2D eigenvalue weighted by atomic mass is 10.1. The molecule has 2 aromatic rings.